The minimum absolute atomic E-state index is 0.533. The molecule has 0 atom stereocenters. The fourth-order valence-corrected chi connectivity index (χ4v) is 1.66. The van der Waals surface area contributed by atoms with Crippen LogP contribution in [0.4, 0.5) is 5.69 Å². The third-order valence-electron chi connectivity index (χ3n) is 2.56. The number of methoxy groups -OCH3 is 1. The summed E-state index contributed by atoms with van der Waals surface area (Å²) in [7, 11) is 1.57. The molecule has 0 aliphatic heterocycles. The van der Waals surface area contributed by atoms with Gasteiger partial charge in [-0.3, -0.25) is 4.98 Å². The monoisotopic (exact) mass is 241 g/mol. The SMILES string of the molecule is COc1ccc2[nH]c(-c3ccc(N)cn3)nc2n1. The Bertz CT molecular complexity index is 689. The van der Waals surface area contributed by atoms with Gasteiger partial charge in [0.25, 0.3) is 0 Å². The Hall–Kier alpha value is -2.63. The number of rotatable bonds is 2. The first kappa shape index (κ1) is 10.5. The zero-order valence-corrected chi connectivity index (χ0v) is 9.71. The van der Waals surface area contributed by atoms with Crippen LogP contribution in [0, 0.1) is 0 Å². The molecule has 0 fully saturated rings. The van der Waals surface area contributed by atoms with Crippen molar-refractivity contribution < 1.29 is 4.74 Å². The molecule has 6 nitrogen and oxygen atoms in total. The molecule has 18 heavy (non-hydrogen) atoms. The van der Waals surface area contributed by atoms with Crippen molar-refractivity contribution in [3.05, 3.63) is 30.5 Å². The standard InChI is InChI=1S/C12H11N5O/c1-18-10-5-4-9-12(16-10)17-11(15-9)8-3-2-7(13)6-14-8/h2-6H,13H2,1H3,(H,15,16,17). The van der Waals surface area contributed by atoms with E-state index in [0.717, 1.165) is 11.2 Å². The van der Waals surface area contributed by atoms with E-state index >= 15 is 0 Å². The number of nitrogens with two attached hydrogens (primary N) is 1. The number of aromatic nitrogens is 4. The maximum Gasteiger partial charge on any atom is 0.215 e. The lowest BCUT2D eigenvalue weighted by atomic mass is 10.3. The van der Waals surface area contributed by atoms with Crippen LogP contribution in [0.25, 0.3) is 22.7 Å². The van der Waals surface area contributed by atoms with Crippen molar-refractivity contribution in [1.82, 2.24) is 19.9 Å². The highest BCUT2D eigenvalue weighted by Gasteiger charge is 2.08. The molecule has 3 N–H and O–H groups in total. The van der Waals surface area contributed by atoms with E-state index in [0.29, 0.717) is 23.0 Å². The average molecular weight is 241 g/mol. The summed E-state index contributed by atoms with van der Waals surface area (Å²) in [6.07, 6.45) is 1.59. The van der Waals surface area contributed by atoms with Gasteiger partial charge in [-0.2, -0.15) is 4.98 Å². The average Bonchev–Trinajstić information content (AvgIpc) is 2.82. The molecule has 3 aromatic heterocycles. The second-order valence-electron chi connectivity index (χ2n) is 3.79. The maximum atomic E-state index is 5.60. The highest BCUT2D eigenvalue weighted by molar-refractivity contribution is 5.75. The smallest absolute Gasteiger partial charge is 0.215 e. The zero-order chi connectivity index (χ0) is 12.5. The molecule has 0 saturated carbocycles. The number of nitrogen functional groups attached to an aromatic ring is 1. The van der Waals surface area contributed by atoms with Gasteiger partial charge in [0.15, 0.2) is 11.5 Å². The lowest BCUT2D eigenvalue weighted by Gasteiger charge is -1.95. The van der Waals surface area contributed by atoms with E-state index in [9.17, 15) is 0 Å². The normalized spacial score (nSPS) is 10.7. The molecule has 0 aliphatic rings. The number of H-pyrrole nitrogens is 1. The van der Waals surface area contributed by atoms with Crippen LogP contribution in [0.15, 0.2) is 30.5 Å². The van der Waals surface area contributed by atoms with Crippen LogP contribution >= 0.6 is 0 Å². The number of nitrogens with one attached hydrogen (secondary N) is 1. The molecule has 0 aliphatic carbocycles. The van der Waals surface area contributed by atoms with E-state index in [4.69, 9.17) is 10.5 Å². The maximum absolute atomic E-state index is 5.60. The summed E-state index contributed by atoms with van der Waals surface area (Å²) in [6, 6.07) is 7.24. The van der Waals surface area contributed by atoms with Crippen LogP contribution in [0.2, 0.25) is 0 Å². The van der Waals surface area contributed by atoms with Gasteiger partial charge in [-0.15, -0.1) is 0 Å². The van der Waals surface area contributed by atoms with Gasteiger partial charge in [-0.25, -0.2) is 4.98 Å². The number of ether oxygens (including phenoxy) is 1. The van der Waals surface area contributed by atoms with Gasteiger partial charge in [-0.1, -0.05) is 0 Å². The molecule has 0 amide bonds. The lowest BCUT2D eigenvalue weighted by Crippen LogP contribution is -1.89. The predicted molar refractivity (Wildman–Crippen MR) is 68.1 cm³/mol. The van der Waals surface area contributed by atoms with Crippen molar-refractivity contribution in [2.24, 2.45) is 0 Å². The van der Waals surface area contributed by atoms with Crippen LogP contribution in [0.5, 0.6) is 5.88 Å². The van der Waals surface area contributed by atoms with Crippen molar-refractivity contribution in [2.45, 2.75) is 0 Å². The number of anilines is 1. The molecule has 3 rings (SSSR count). The van der Waals surface area contributed by atoms with E-state index in [-0.39, 0.29) is 0 Å². The molecular formula is C12H11N5O. The predicted octanol–water partition coefficient (Wildman–Crippen LogP) is 1.61. The van der Waals surface area contributed by atoms with E-state index < -0.39 is 0 Å². The molecule has 0 spiro atoms. The summed E-state index contributed by atoms with van der Waals surface area (Å²) in [6.45, 7) is 0. The van der Waals surface area contributed by atoms with E-state index in [1.165, 1.54) is 0 Å². The Labute approximate surface area is 103 Å². The summed E-state index contributed by atoms with van der Waals surface area (Å²) in [5.74, 6) is 1.19. The van der Waals surface area contributed by atoms with E-state index in [1.807, 2.05) is 12.1 Å². The van der Waals surface area contributed by atoms with Gasteiger partial charge < -0.3 is 15.5 Å². The van der Waals surface area contributed by atoms with Crippen molar-refractivity contribution in [1.29, 1.82) is 0 Å². The second kappa shape index (κ2) is 3.99. The van der Waals surface area contributed by atoms with Crippen molar-refractivity contribution in [3.63, 3.8) is 0 Å². The fourth-order valence-electron chi connectivity index (χ4n) is 1.66. The lowest BCUT2D eigenvalue weighted by molar-refractivity contribution is 0.399. The van der Waals surface area contributed by atoms with Gasteiger partial charge >= 0.3 is 0 Å². The third kappa shape index (κ3) is 1.73. The molecule has 6 heteroatoms. The number of pyridine rings is 2. The Kier molecular flexibility index (Phi) is 2.33. The minimum atomic E-state index is 0.533. The summed E-state index contributed by atoms with van der Waals surface area (Å²) in [5, 5.41) is 0. The first-order valence-corrected chi connectivity index (χ1v) is 5.39. The van der Waals surface area contributed by atoms with Crippen molar-refractivity contribution in [2.75, 3.05) is 12.8 Å². The molecule has 0 aromatic carbocycles. The first-order chi connectivity index (χ1) is 8.76. The number of fused-ring (bicyclic) bond motifs is 1. The number of imidazole rings is 1. The number of hydrogen-bond donors (Lipinski definition) is 2. The molecule has 90 valence electrons. The highest BCUT2D eigenvalue weighted by Crippen LogP contribution is 2.20. The van der Waals surface area contributed by atoms with Crippen LogP contribution in [0.3, 0.4) is 0 Å². The summed E-state index contributed by atoms with van der Waals surface area (Å²) < 4.78 is 5.06. The minimum Gasteiger partial charge on any atom is -0.481 e. The summed E-state index contributed by atoms with van der Waals surface area (Å²) in [4.78, 5) is 16.0. The molecule has 3 aromatic rings. The Morgan fingerprint density at radius 2 is 2.06 bits per heavy atom. The second-order valence-corrected chi connectivity index (χ2v) is 3.79. The van der Waals surface area contributed by atoms with E-state index in [1.54, 1.807) is 25.4 Å². The number of nitrogens with zero attached hydrogens (tertiary/aromatic N) is 3. The Morgan fingerprint density at radius 3 is 2.78 bits per heavy atom. The van der Waals surface area contributed by atoms with E-state index in [2.05, 4.69) is 19.9 Å². The largest absolute Gasteiger partial charge is 0.481 e. The third-order valence-corrected chi connectivity index (χ3v) is 2.56. The van der Waals surface area contributed by atoms with Gasteiger partial charge in [-0.05, 0) is 18.2 Å². The molecule has 0 bridgehead atoms. The summed E-state index contributed by atoms with van der Waals surface area (Å²) >= 11 is 0. The number of hydrogen-bond acceptors (Lipinski definition) is 5. The Balaban J connectivity index is 2.10. The van der Waals surface area contributed by atoms with Crippen LogP contribution in [0.1, 0.15) is 0 Å². The van der Waals surface area contributed by atoms with Gasteiger partial charge in [0, 0.05) is 6.07 Å². The zero-order valence-electron chi connectivity index (χ0n) is 9.71. The van der Waals surface area contributed by atoms with Gasteiger partial charge in [0.05, 0.1) is 24.5 Å². The molecule has 3 heterocycles. The first-order valence-electron chi connectivity index (χ1n) is 5.39. The van der Waals surface area contributed by atoms with Crippen molar-refractivity contribution >= 4 is 16.9 Å². The van der Waals surface area contributed by atoms with Crippen molar-refractivity contribution in [3.8, 4) is 17.4 Å². The molecule has 0 saturated heterocycles. The highest BCUT2D eigenvalue weighted by atomic mass is 16.5. The Morgan fingerprint density at radius 1 is 1.17 bits per heavy atom. The van der Waals surface area contributed by atoms with Crippen LogP contribution < -0.4 is 10.5 Å². The quantitative estimate of drug-likeness (QED) is 0.711. The summed E-state index contributed by atoms with van der Waals surface area (Å²) in [5.41, 5.74) is 8.38. The van der Waals surface area contributed by atoms with Gasteiger partial charge in [0.1, 0.15) is 5.69 Å². The van der Waals surface area contributed by atoms with Gasteiger partial charge in [0.2, 0.25) is 5.88 Å². The molecule has 0 unspecified atom stereocenters. The fraction of sp³-hybridized carbons (Fsp3) is 0.0833. The molecular weight excluding hydrogens is 230 g/mol. The number of aromatic amines is 1. The molecule has 0 radical (unpaired) electrons. The topological polar surface area (TPSA) is 89.7 Å². The van der Waals surface area contributed by atoms with Crippen LogP contribution in [-0.4, -0.2) is 27.0 Å². The van der Waals surface area contributed by atoms with Crippen LogP contribution in [-0.2, 0) is 0 Å².